The molecule has 0 aliphatic rings. The number of nitrogens with two attached hydrogens (primary N) is 1. The molecule has 0 aliphatic carbocycles. The third-order valence-corrected chi connectivity index (χ3v) is 7.12. The number of carbonyl (C=O) groups is 3. The van der Waals surface area contributed by atoms with Crippen molar-refractivity contribution < 1.29 is 23.9 Å². The van der Waals surface area contributed by atoms with E-state index in [0.717, 1.165) is 16.5 Å². The quantitative estimate of drug-likeness (QED) is 0.160. The van der Waals surface area contributed by atoms with Crippen molar-refractivity contribution in [3.05, 3.63) is 88.1 Å². The number of hydrogen-bond donors (Lipinski definition) is 3. The number of ether oxygens (including phenoxy) is 2. The average molecular weight is 605 g/mol. The summed E-state index contributed by atoms with van der Waals surface area (Å²) in [5.74, 6) is -0.142. The van der Waals surface area contributed by atoms with Gasteiger partial charge in [-0.3, -0.25) is 19.0 Å². The number of rotatable bonds is 10. The summed E-state index contributed by atoms with van der Waals surface area (Å²) in [6.07, 6.45) is 0.636. The second kappa shape index (κ2) is 13.2. The average Bonchev–Trinajstić information content (AvgIpc) is 3.22. The van der Waals surface area contributed by atoms with Crippen LogP contribution in [0.2, 0.25) is 5.02 Å². The molecule has 43 heavy (non-hydrogen) atoms. The summed E-state index contributed by atoms with van der Waals surface area (Å²) >= 11 is 6.02. The molecular weight excluding hydrogens is 568 g/mol. The highest BCUT2D eigenvalue weighted by atomic mass is 35.5. The first-order valence-corrected chi connectivity index (χ1v) is 14.3. The number of anilines is 2. The van der Waals surface area contributed by atoms with Gasteiger partial charge < -0.3 is 25.8 Å². The molecule has 0 fully saturated rings. The minimum absolute atomic E-state index is 0.0140. The van der Waals surface area contributed by atoms with Crippen molar-refractivity contribution in [3.8, 4) is 5.75 Å². The number of benzene rings is 3. The monoisotopic (exact) mass is 604 g/mol. The fourth-order valence-electron chi connectivity index (χ4n) is 4.82. The summed E-state index contributed by atoms with van der Waals surface area (Å²) in [5, 5.41) is 7.33. The Kier molecular flexibility index (Phi) is 9.66. The Morgan fingerprint density at radius 3 is 2.40 bits per heavy atom. The van der Waals surface area contributed by atoms with Gasteiger partial charge in [0, 0.05) is 28.2 Å². The zero-order chi connectivity index (χ0) is 31.3. The first-order chi connectivity index (χ1) is 20.4. The Hall–Kier alpha value is -4.50. The number of nitrogen functional groups attached to an aromatic ring is 1. The largest absolute Gasteiger partial charge is 0.497 e. The lowest BCUT2D eigenvalue weighted by atomic mass is 10.1. The lowest BCUT2D eigenvalue weighted by Gasteiger charge is -2.20. The van der Waals surface area contributed by atoms with E-state index in [2.05, 4.69) is 10.6 Å². The zero-order valence-corrected chi connectivity index (χ0v) is 25.8. The molecule has 0 spiro atoms. The highest BCUT2D eigenvalue weighted by Crippen LogP contribution is 2.31. The number of halogens is 1. The summed E-state index contributed by atoms with van der Waals surface area (Å²) in [7, 11) is 1.58. The highest BCUT2D eigenvalue weighted by molar-refractivity contribution is 6.30. The summed E-state index contributed by atoms with van der Waals surface area (Å²) in [6, 6.07) is 17.7. The van der Waals surface area contributed by atoms with Gasteiger partial charge in [0.15, 0.2) is 0 Å². The van der Waals surface area contributed by atoms with Crippen LogP contribution in [0.3, 0.4) is 0 Å². The summed E-state index contributed by atoms with van der Waals surface area (Å²) in [5.41, 5.74) is 10.2. The Balaban J connectivity index is 1.45. The van der Waals surface area contributed by atoms with Crippen LogP contribution in [-0.2, 0) is 27.2 Å². The molecule has 0 saturated carbocycles. The second-order valence-corrected chi connectivity index (χ2v) is 11.7. The third-order valence-electron chi connectivity index (χ3n) is 6.87. The normalized spacial score (nSPS) is 11.3. The van der Waals surface area contributed by atoms with Crippen molar-refractivity contribution in [2.75, 3.05) is 31.2 Å². The summed E-state index contributed by atoms with van der Waals surface area (Å²) < 4.78 is 12.4. The van der Waals surface area contributed by atoms with Gasteiger partial charge in [0.1, 0.15) is 17.9 Å². The Morgan fingerprint density at radius 1 is 1.00 bits per heavy atom. The first kappa shape index (κ1) is 31.4. The van der Waals surface area contributed by atoms with E-state index >= 15 is 0 Å². The standard InChI is InChI=1S/C33H37ClN4O5/c1-20-25(26-17-24(42-5)11-13-29(26)38(20)32(41)22-7-9-23(34)10-8-22)18-30(39)36-15-14-21-6-12-27(35)28(16-21)37-19-31(40)43-33(2,3)4/h6-13,16-17,37H,14-15,18-19,35H2,1-5H3,(H,36,39). The number of aromatic nitrogens is 1. The molecule has 4 aromatic rings. The number of nitrogens with zero attached hydrogens (tertiary/aromatic N) is 1. The van der Waals surface area contributed by atoms with E-state index in [1.807, 2.05) is 52.0 Å². The minimum Gasteiger partial charge on any atom is -0.497 e. The van der Waals surface area contributed by atoms with E-state index < -0.39 is 5.60 Å². The molecule has 10 heteroatoms. The Morgan fingerprint density at radius 2 is 1.72 bits per heavy atom. The minimum atomic E-state index is -0.573. The summed E-state index contributed by atoms with van der Waals surface area (Å²) in [4.78, 5) is 38.7. The van der Waals surface area contributed by atoms with Crippen molar-refractivity contribution in [2.45, 2.75) is 46.1 Å². The lowest BCUT2D eigenvalue weighted by molar-refractivity contribution is -0.152. The van der Waals surface area contributed by atoms with Crippen LogP contribution >= 0.6 is 11.6 Å². The molecule has 0 aliphatic heterocycles. The summed E-state index contributed by atoms with van der Waals surface area (Å²) in [6.45, 7) is 7.64. The SMILES string of the molecule is COc1ccc2c(c1)c(CC(=O)NCCc1ccc(N)c(NCC(=O)OC(C)(C)C)c1)c(C)n2C(=O)c1ccc(Cl)cc1. The molecule has 0 radical (unpaired) electrons. The van der Waals surface area contributed by atoms with Crippen molar-refractivity contribution >= 4 is 51.7 Å². The molecule has 3 aromatic carbocycles. The van der Waals surface area contributed by atoms with Crippen LogP contribution in [0, 0.1) is 6.92 Å². The van der Waals surface area contributed by atoms with Gasteiger partial charge in [-0.15, -0.1) is 0 Å². The predicted molar refractivity (Wildman–Crippen MR) is 170 cm³/mol. The Labute approximate surface area is 256 Å². The topological polar surface area (TPSA) is 125 Å². The molecule has 1 aromatic heterocycles. The van der Waals surface area contributed by atoms with E-state index in [0.29, 0.717) is 51.9 Å². The molecule has 0 bridgehead atoms. The molecule has 9 nitrogen and oxygen atoms in total. The van der Waals surface area contributed by atoms with Gasteiger partial charge in [-0.2, -0.15) is 0 Å². The molecule has 1 amide bonds. The van der Waals surface area contributed by atoms with Crippen LogP contribution in [0.25, 0.3) is 10.9 Å². The van der Waals surface area contributed by atoms with E-state index in [4.69, 9.17) is 26.8 Å². The number of esters is 1. The van der Waals surface area contributed by atoms with E-state index in [1.54, 1.807) is 48.1 Å². The van der Waals surface area contributed by atoms with Crippen LogP contribution in [0.1, 0.15) is 48.0 Å². The molecule has 0 saturated heterocycles. The van der Waals surface area contributed by atoms with Gasteiger partial charge in [0.25, 0.3) is 5.91 Å². The van der Waals surface area contributed by atoms with E-state index in [9.17, 15) is 14.4 Å². The van der Waals surface area contributed by atoms with Gasteiger partial charge in [0.05, 0.1) is 30.4 Å². The molecule has 1 heterocycles. The molecule has 226 valence electrons. The predicted octanol–water partition coefficient (Wildman–Crippen LogP) is 5.54. The highest BCUT2D eigenvalue weighted by Gasteiger charge is 2.22. The van der Waals surface area contributed by atoms with E-state index in [1.165, 1.54) is 0 Å². The van der Waals surface area contributed by atoms with Gasteiger partial charge in [-0.1, -0.05) is 17.7 Å². The smallest absolute Gasteiger partial charge is 0.325 e. The number of carbonyl (C=O) groups excluding carboxylic acids is 3. The zero-order valence-electron chi connectivity index (χ0n) is 25.0. The maximum atomic E-state index is 13.5. The third kappa shape index (κ3) is 7.87. The second-order valence-electron chi connectivity index (χ2n) is 11.2. The van der Waals surface area contributed by atoms with Crippen molar-refractivity contribution in [1.82, 2.24) is 9.88 Å². The molecular formula is C33H37ClN4O5. The fraction of sp³-hybridized carbons (Fsp3) is 0.303. The van der Waals surface area contributed by atoms with Crippen molar-refractivity contribution in [1.29, 1.82) is 0 Å². The van der Waals surface area contributed by atoms with Crippen LogP contribution < -0.4 is 21.1 Å². The van der Waals surface area contributed by atoms with E-state index in [-0.39, 0.29) is 30.7 Å². The molecule has 4 rings (SSSR count). The lowest BCUT2D eigenvalue weighted by Crippen LogP contribution is -2.28. The number of nitrogens with one attached hydrogen (secondary N) is 2. The van der Waals surface area contributed by atoms with Gasteiger partial charge in [0.2, 0.25) is 5.91 Å². The fourth-order valence-corrected chi connectivity index (χ4v) is 4.95. The molecule has 0 unspecified atom stereocenters. The van der Waals surface area contributed by atoms with Crippen LogP contribution in [-0.4, -0.2) is 48.2 Å². The number of fused-ring (bicyclic) bond motifs is 1. The van der Waals surface area contributed by atoms with Crippen LogP contribution in [0.15, 0.2) is 60.7 Å². The Bertz CT molecular complexity index is 1650. The van der Waals surface area contributed by atoms with Crippen molar-refractivity contribution in [2.24, 2.45) is 0 Å². The van der Waals surface area contributed by atoms with Crippen LogP contribution in [0.4, 0.5) is 11.4 Å². The van der Waals surface area contributed by atoms with Gasteiger partial charge in [-0.05, 0) is 99.8 Å². The maximum Gasteiger partial charge on any atom is 0.325 e. The number of hydrogen-bond acceptors (Lipinski definition) is 7. The first-order valence-electron chi connectivity index (χ1n) is 14.0. The van der Waals surface area contributed by atoms with Gasteiger partial charge >= 0.3 is 5.97 Å². The maximum absolute atomic E-state index is 13.5. The molecule has 4 N–H and O–H groups in total. The number of methoxy groups -OCH3 is 1. The van der Waals surface area contributed by atoms with Crippen LogP contribution in [0.5, 0.6) is 5.75 Å². The molecule has 0 atom stereocenters. The van der Waals surface area contributed by atoms with Crippen molar-refractivity contribution in [3.63, 3.8) is 0 Å². The van der Waals surface area contributed by atoms with Gasteiger partial charge in [-0.25, -0.2) is 0 Å². The number of amides is 1.